The van der Waals surface area contributed by atoms with Crippen molar-refractivity contribution >= 4 is 17.8 Å². The summed E-state index contributed by atoms with van der Waals surface area (Å²) in [7, 11) is 0. The van der Waals surface area contributed by atoms with E-state index in [2.05, 4.69) is 10.6 Å². The van der Waals surface area contributed by atoms with Crippen molar-refractivity contribution in [2.24, 2.45) is 5.92 Å². The van der Waals surface area contributed by atoms with E-state index in [9.17, 15) is 14.4 Å². The first-order valence-corrected chi connectivity index (χ1v) is 9.67. The summed E-state index contributed by atoms with van der Waals surface area (Å²) in [5, 5.41) is 6.47. The van der Waals surface area contributed by atoms with Crippen molar-refractivity contribution in [1.29, 1.82) is 0 Å². The highest BCUT2D eigenvalue weighted by molar-refractivity contribution is 6.09. The van der Waals surface area contributed by atoms with E-state index in [0.29, 0.717) is 31.6 Å². The molecule has 2 N–H and O–H groups in total. The highest BCUT2D eigenvalue weighted by Gasteiger charge is 2.55. The summed E-state index contributed by atoms with van der Waals surface area (Å²) in [5.41, 5.74) is -0.783. The van der Waals surface area contributed by atoms with Gasteiger partial charge in [-0.1, -0.05) is 19.8 Å². The molecule has 3 aliphatic heterocycles. The van der Waals surface area contributed by atoms with Crippen LogP contribution in [0.1, 0.15) is 51.9 Å². The molecule has 7 heteroatoms. The molecule has 4 aliphatic rings. The number of hydrogen-bond donors (Lipinski definition) is 2. The molecule has 138 valence electrons. The number of nitrogens with one attached hydrogen (secondary N) is 2. The summed E-state index contributed by atoms with van der Waals surface area (Å²) in [6, 6.07) is 0.455. The molecule has 3 saturated heterocycles. The van der Waals surface area contributed by atoms with Gasteiger partial charge >= 0.3 is 6.03 Å². The molecule has 0 radical (unpaired) electrons. The van der Waals surface area contributed by atoms with Crippen LogP contribution in [0, 0.1) is 5.92 Å². The van der Waals surface area contributed by atoms with Crippen LogP contribution in [0.5, 0.6) is 0 Å². The smallest absolute Gasteiger partial charge is 0.325 e. The predicted molar refractivity (Wildman–Crippen MR) is 91.8 cm³/mol. The summed E-state index contributed by atoms with van der Waals surface area (Å²) in [4.78, 5) is 41.1. The standard InChI is InChI=1S/C18H28N4O3/c1-12-4-2-3-8-18(12)16(24)22(17(25)20-18)11-15(23)21-9-7-13-5-6-14(10-21)19-13/h12-14,19H,2-11H2,1H3,(H,20,25). The monoisotopic (exact) mass is 348 g/mol. The average molecular weight is 348 g/mol. The molecule has 3 heterocycles. The molecule has 4 fully saturated rings. The molecule has 1 aliphatic carbocycles. The van der Waals surface area contributed by atoms with Gasteiger partial charge in [0.2, 0.25) is 5.91 Å². The zero-order valence-corrected chi connectivity index (χ0v) is 14.9. The van der Waals surface area contributed by atoms with E-state index in [0.717, 1.165) is 37.0 Å². The Hall–Kier alpha value is -1.63. The zero-order valence-electron chi connectivity index (χ0n) is 14.9. The lowest BCUT2D eigenvalue weighted by molar-refractivity contribution is -0.140. The normalized spacial score (nSPS) is 38.2. The lowest BCUT2D eigenvalue weighted by atomic mass is 9.73. The number of nitrogens with zero attached hydrogens (tertiary/aromatic N) is 2. The number of fused-ring (bicyclic) bond motifs is 2. The van der Waals surface area contributed by atoms with Crippen LogP contribution in [0.4, 0.5) is 4.79 Å². The largest absolute Gasteiger partial charge is 0.340 e. The molecule has 4 amide bonds. The molecule has 0 aromatic carbocycles. The minimum absolute atomic E-state index is 0.113. The lowest BCUT2D eigenvalue weighted by Gasteiger charge is -2.36. The molecule has 4 unspecified atom stereocenters. The first-order valence-electron chi connectivity index (χ1n) is 9.67. The summed E-state index contributed by atoms with van der Waals surface area (Å²) >= 11 is 0. The fourth-order valence-electron chi connectivity index (χ4n) is 5.04. The average Bonchev–Trinajstić information content (AvgIpc) is 3.02. The summed E-state index contributed by atoms with van der Waals surface area (Å²) in [5.74, 6) is -0.193. The molecule has 4 rings (SSSR count). The van der Waals surface area contributed by atoms with Crippen LogP contribution in [0.15, 0.2) is 0 Å². The van der Waals surface area contributed by atoms with E-state index in [4.69, 9.17) is 0 Å². The van der Waals surface area contributed by atoms with Crippen molar-refractivity contribution in [3.05, 3.63) is 0 Å². The maximum atomic E-state index is 13.0. The number of carbonyl (C=O) groups is 3. The number of carbonyl (C=O) groups excluding carboxylic acids is 3. The third-order valence-electron chi connectivity index (χ3n) is 6.67. The maximum Gasteiger partial charge on any atom is 0.325 e. The van der Waals surface area contributed by atoms with Gasteiger partial charge in [0.05, 0.1) is 0 Å². The van der Waals surface area contributed by atoms with Gasteiger partial charge in [0.15, 0.2) is 0 Å². The highest BCUT2D eigenvalue weighted by Crippen LogP contribution is 2.38. The van der Waals surface area contributed by atoms with E-state index in [1.807, 2.05) is 11.8 Å². The van der Waals surface area contributed by atoms with E-state index >= 15 is 0 Å². The first kappa shape index (κ1) is 16.8. The van der Waals surface area contributed by atoms with Gasteiger partial charge in [0.25, 0.3) is 5.91 Å². The number of likely N-dealkylation sites (tertiary alicyclic amines) is 1. The Morgan fingerprint density at radius 2 is 1.96 bits per heavy atom. The number of rotatable bonds is 2. The van der Waals surface area contributed by atoms with Gasteiger partial charge in [0.1, 0.15) is 12.1 Å². The minimum atomic E-state index is -0.783. The van der Waals surface area contributed by atoms with Gasteiger partial charge < -0.3 is 15.5 Å². The van der Waals surface area contributed by atoms with Crippen LogP contribution in [0.2, 0.25) is 0 Å². The van der Waals surface area contributed by atoms with E-state index in [1.165, 1.54) is 6.42 Å². The van der Waals surface area contributed by atoms with Crippen LogP contribution >= 0.6 is 0 Å². The topological polar surface area (TPSA) is 81.8 Å². The van der Waals surface area contributed by atoms with Gasteiger partial charge in [-0.05, 0) is 38.0 Å². The SMILES string of the molecule is CC1CCCCC12NC(=O)N(CC(=O)N1CCC3CCC(C1)N3)C2=O. The van der Waals surface area contributed by atoms with Crippen molar-refractivity contribution in [3.8, 4) is 0 Å². The van der Waals surface area contributed by atoms with Crippen molar-refractivity contribution in [1.82, 2.24) is 20.4 Å². The van der Waals surface area contributed by atoms with Crippen LogP contribution in [0.3, 0.4) is 0 Å². The quantitative estimate of drug-likeness (QED) is 0.725. The summed E-state index contributed by atoms with van der Waals surface area (Å²) in [6.07, 6.45) is 6.88. The molecule has 0 aromatic rings. The number of amides is 4. The van der Waals surface area contributed by atoms with Gasteiger partial charge in [-0.25, -0.2) is 4.79 Å². The van der Waals surface area contributed by atoms with E-state index in [1.54, 1.807) is 0 Å². The molecule has 1 spiro atoms. The molecule has 25 heavy (non-hydrogen) atoms. The van der Waals surface area contributed by atoms with Crippen molar-refractivity contribution in [3.63, 3.8) is 0 Å². The Kier molecular flexibility index (Phi) is 4.22. The van der Waals surface area contributed by atoms with Crippen molar-refractivity contribution in [2.75, 3.05) is 19.6 Å². The maximum absolute atomic E-state index is 13.0. The number of urea groups is 1. The predicted octanol–water partition coefficient (Wildman–Crippen LogP) is 0.840. The molecular formula is C18H28N4O3. The Morgan fingerprint density at radius 1 is 1.16 bits per heavy atom. The summed E-state index contributed by atoms with van der Waals surface area (Å²) in [6.45, 7) is 3.29. The molecule has 1 saturated carbocycles. The number of hydrogen-bond acceptors (Lipinski definition) is 4. The van der Waals surface area contributed by atoms with Crippen molar-refractivity contribution < 1.29 is 14.4 Å². The minimum Gasteiger partial charge on any atom is -0.340 e. The van der Waals surface area contributed by atoms with E-state index < -0.39 is 11.6 Å². The number of imide groups is 1. The Labute approximate surface area is 148 Å². The Morgan fingerprint density at radius 3 is 2.76 bits per heavy atom. The molecule has 0 aromatic heterocycles. The van der Waals surface area contributed by atoms with Crippen LogP contribution < -0.4 is 10.6 Å². The zero-order chi connectivity index (χ0) is 17.6. The van der Waals surface area contributed by atoms with Gasteiger partial charge in [-0.15, -0.1) is 0 Å². The fourth-order valence-corrected chi connectivity index (χ4v) is 5.04. The first-order chi connectivity index (χ1) is 12.0. The van der Waals surface area contributed by atoms with Gasteiger partial charge in [-0.3, -0.25) is 14.5 Å². The second-order valence-corrected chi connectivity index (χ2v) is 8.21. The second-order valence-electron chi connectivity index (χ2n) is 8.21. The molecular weight excluding hydrogens is 320 g/mol. The van der Waals surface area contributed by atoms with Crippen LogP contribution in [-0.2, 0) is 9.59 Å². The molecule has 2 bridgehead atoms. The second kappa shape index (κ2) is 6.27. The van der Waals surface area contributed by atoms with Crippen molar-refractivity contribution in [2.45, 2.75) is 69.5 Å². The van der Waals surface area contributed by atoms with Crippen LogP contribution in [0.25, 0.3) is 0 Å². The van der Waals surface area contributed by atoms with Crippen LogP contribution in [-0.4, -0.2) is 64.9 Å². The lowest BCUT2D eigenvalue weighted by Crippen LogP contribution is -2.54. The third-order valence-corrected chi connectivity index (χ3v) is 6.67. The molecule has 7 nitrogen and oxygen atoms in total. The highest BCUT2D eigenvalue weighted by atomic mass is 16.2. The fraction of sp³-hybridized carbons (Fsp3) is 0.833. The van der Waals surface area contributed by atoms with Gasteiger partial charge in [0, 0.05) is 25.2 Å². The van der Waals surface area contributed by atoms with E-state index in [-0.39, 0.29) is 24.3 Å². The molecule has 4 atom stereocenters. The third kappa shape index (κ3) is 2.82. The summed E-state index contributed by atoms with van der Waals surface area (Å²) < 4.78 is 0. The Balaban J connectivity index is 1.44. The Bertz CT molecular complexity index is 595. The van der Waals surface area contributed by atoms with Gasteiger partial charge in [-0.2, -0.15) is 0 Å².